The SMILES string of the molecule is O=C(O)C=CC(=O)O.c1ccc(C(OC2CCN(CCCSc3ccc4nncn4n3)CC2)c2ccccc2)cc1. The predicted octanol–water partition coefficient (Wildman–Crippen LogP) is 4.59. The summed E-state index contributed by atoms with van der Waals surface area (Å²) < 4.78 is 8.40. The van der Waals surface area contributed by atoms with Crippen molar-refractivity contribution < 1.29 is 24.5 Å². The average molecular weight is 576 g/mol. The van der Waals surface area contributed by atoms with Crippen LogP contribution in [0.1, 0.15) is 36.5 Å². The van der Waals surface area contributed by atoms with Crippen LogP contribution in [0.5, 0.6) is 0 Å². The number of aliphatic carboxylic acids is 2. The molecular weight excluding hydrogens is 542 g/mol. The second-order valence-electron chi connectivity index (χ2n) is 9.40. The van der Waals surface area contributed by atoms with Gasteiger partial charge in [0.15, 0.2) is 5.65 Å². The van der Waals surface area contributed by atoms with Crippen LogP contribution < -0.4 is 0 Å². The van der Waals surface area contributed by atoms with Crippen LogP contribution in [0, 0.1) is 0 Å². The van der Waals surface area contributed by atoms with Crippen molar-refractivity contribution in [1.82, 2.24) is 24.7 Å². The smallest absolute Gasteiger partial charge is 0.328 e. The number of thioether (sulfide) groups is 1. The van der Waals surface area contributed by atoms with Gasteiger partial charge in [-0.15, -0.1) is 22.0 Å². The van der Waals surface area contributed by atoms with Crippen molar-refractivity contribution in [3.63, 3.8) is 0 Å². The van der Waals surface area contributed by atoms with Gasteiger partial charge in [-0.25, -0.2) is 9.59 Å². The van der Waals surface area contributed by atoms with Crippen LogP contribution in [0.25, 0.3) is 5.65 Å². The summed E-state index contributed by atoms with van der Waals surface area (Å²) in [5.41, 5.74) is 3.23. The van der Waals surface area contributed by atoms with Gasteiger partial charge in [-0.05, 0) is 49.1 Å². The molecule has 0 saturated carbocycles. The second kappa shape index (κ2) is 15.7. The summed E-state index contributed by atoms with van der Waals surface area (Å²) in [6.07, 6.45) is 6.35. The minimum Gasteiger partial charge on any atom is -0.478 e. The summed E-state index contributed by atoms with van der Waals surface area (Å²) in [6, 6.07) is 25.1. The Morgan fingerprint density at radius 1 is 0.927 bits per heavy atom. The molecule has 2 aromatic heterocycles. The van der Waals surface area contributed by atoms with E-state index in [0.717, 1.165) is 55.3 Å². The molecule has 4 aromatic rings. The number of carboxylic acid groups (broad SMARTS) is 2. The number of ether oxygens (including phenoxy) is 1. The first kappa shape index (κ1) is 29.9. The number of likely N-dealkylation sites (tertiary alicyclic amines) is 1. The Morgan fingerprint density at radius 3 is 2.12 bits per heavy atom. The number of nitrogens with zero attached hydrogens (tertiary/aromatic N) is 5. The van der Waals surface area contributed by atoms with Crippen molar-refractivity contribution in [1.29, 1.82) is 0 Å². The molecule has 1 aliphatic rings. The first-order chi connectivity index (χ1) is 20.0. The van der Waals surface area contributed by atoms with Crippen LogP contribution in [0.3, 0.4) is 0 Å². The maximum absolute atomic E-state index is 9.55. The Morgan fingerprint density at radius 2 is 1.54 bits per heavy atom. The van der Waals surface area contributed by atoms with Gasteiger partial charge in [0.05, 0.1) is 6.10 Å². The minimum absolute atomic E-state index is 0.00381. The van der Waals surface area contributed by atoms with Crippen molar-refractivity contribution >= 4 is 29.3 Å². The highest BCUT2D eigenvalue weighted by Gasteiger charge is 2.24. The third-order valence-electron chi connectivity index (χ3n) is 6.44. The fourth-order valence-electron chi connectivity index (χ4n) is 4.46. The van der Waals surface area contributed by atoms with E-state index in [4.69, 9.17) is 14.9 Å². The molecule has 0 radical (unpaired) electrons. The van der Waals surface area contributed by atoms with Crippen LogP contribution in [-0.2, 0) is 14.3 Å². The topological polar surface area (TPSA) is 130 Å². The molecule has 5 rings (SSSR count). The lowest BCUT2D eigenvalue weighted by molar-refractivity contribution is -0.134. The highest BCUT2D eigenvalue weighted by molar-refractivity contribution is 7.99. The van der Waals surface area contributed by atoms with E-state index in [1.807, 2.05) is 12.1 Å². The largest absolute Gasteiger partial charge is 0.478 e. The van der Waals surface area contributed by atoms with E-state index in [9.17, 15) is 9.59 Å². The standard InChI is InChI=1S/C26H29N5OS.C4H4O4/c1-3-8-21(9-4-1)26(22-10-5-2-6-11-22)32-23-14-17-30(18-15-23)16-7-19-33-25-13-12-24-28-27-20-31(24)29-25;5-3(6)1-2-4(7)8/h1-6,8-13,20,23,26H,7,14-19H2;1-2H,(H,5,6)(H,7,8). The predicted molar refractivity (Wildman–Crippen MR) is 156 cm³/mol. The molecule has 1 aliphatic heterocycles. The summed E-state index contributed by atoms with van der Waals surface area (Å²) in [7, 11) is 0. The van der Waals surface area contributed by atoms with Gasteiger partial charge in [-0.1, -0.05) is 60.7 Å². The van der Waals surface area contributed by atoms with Crippen molar-refractivity contribution in [2.24, 2.45) is 0 Å². The summed E-state index contributed by atoms with van der Waals surface area (Å²) >= 11 is 1.79. The van der Waals surface area contributed by atoms with Gasteiger partial charge in [0.2, 0.25) is 0 Å². The van der Waals surface area contributed by atoms with Gasteiger partial charge >= 0.3 is 11.9 Å². The quantitative estimate of drug-likeness (QED) is 0.149. The second-order valence-corrected chi connectivity index (χ2v) is 10.5. The van der Waals surface area contributed by atoms with Gasteiger partial charge in [-0.2, -0.15) is 9.61 Å². The van der Waals surface area contributed by atoms with Gasteiger partial charge in [0.1, 0.15) is 17.5 Å². The van der Waals surface area contributed by atoms with E-state index in [1.54, 1.807) is 22.6 Å². The van der Waals surface area contributed by atoms with Crippen molar-refractivity contribution in [2.75, 3.05) is 25.4 Å². The lowest BCUT2D eigenvalue weighted by Crippen LogP contribution is -2.38. The highest BCUT2D eigenvalue weighted by Crippen LogP contribution is 2.30. The number of benzene rings is 2. The average Bonchev–Trinajstić information content (AvgIpc) is 3.47. The fraction of sp³-hybridized carbons (Fsp3) is 0.300. The summed E-state index contributed by atoms with van der Waals surface area (Å²) in [6.45, 7) is 3.31. The minimum atomic E-state index is -1.26. The van der Waals surface area contributed by atoms with Crippen LogP contribution in [-0.4, -0.2) is 78.4 Å². The molecule has 0 atom stereocenters. The Kier molecular flexibility index (Phi) is 11.4. The van der Waals surface area contributed by atoms with E-state index in [2.05, 4.69) is 80.9 Å². The Balaban J connectivity index is 0.000000426. The first-order valence-electron chi connectivity index (χ1n) is 13.4. The van der Waals surface area contributed by atoms with Crippen LogP contribution >= 0.6 is 11.8 Å². The number of piperidine rings is 1. The van der Waals surface area contributed by atoms with E-state index >= 15 is 0 Å². The molecule has 2 aromatic carbocycles. The van der Waals surface area contributed by atoms with E-state index in [-0.39, 0.29) is 6.10 Å². The van der Waals surface area contributed by atoms with Gasteiger partial charge in [-0.3, -0.25) is 0 Å². The van der Waals surface area contributed by atoms with E-state index < -0.39 is 11.9 Å². The molecule has 1 saturated heterocycles. The Labute approximate surface area is 242 Å². The molecule has 0 bridgehead atoms. The van der Waals surface area contributed by atoms with E-state index in [0.29, 0.717) is 18.3 Å². The molecule has 2 N–H and O–H groups in total. The Bertz CT molecular complexity index is 1350. The van der Waals surface area contributed by atoms with Crippen molar-refractivity contribution in [3.8, 4) is 0 Å². The number of hydrogen-bond acceptors (Lipinski definition) is 8. The number of carboxylic acids is 2. The number of rotatable bonds is 11. The Hall–Kier alpha value is -4.06. The zero-order valence-electron chi connectivity index (χ0n) is 22.5. The summed E-state index contributed by atoms with van der Waals surface area (Å²) in [5, 5.41) is 29.1. The lowest BCUT2D eigenvalue weighted by atomic mass is 10.00. The molecule has 41 heavy (non-hydrogen) atoms. The molecule has 0 spiro atoms. The molecule has 1 fully saturated rings. The number of carbonyl (C=O) groups is 2. The highest BCUT2D eigenvalue weighted by atomic mass is 32.2. The molecular formula is C30H33N5O5S. The molecule has 0 amide bonds. The first-order valence-corrected chi connectivity index (χ1v) is 14.4. The summed E-state index contributed by atoms with van der Waals surface area (Å²) in [4.78, 5) is 21.7. The molecule has 0 unspecified atom stereocenters. The summed E-state index contributed by atoms with van der Waals surface area (Å²) in [5.74, 6) is -1.46. The normalized spacial score (nSPS) is 14.3. The van der Waals surface area contributed by atoms with Crippen molar-refractivity contribution in [3.05, 3.63) is 102 Å². The fourth-order valence-corrected chi connectivity index (χ4v) is 5.25. The molecule has 10 nitrogen and oxygen atoms in total. The third-order valence-corrected chi connectivity index (χ3v) is 7.45. The van der Waals surface area contributed by atoms with Gasteiger partial charge < -0.3 is 19.8 Å². The van der Waals surface area contributed by atoms with Crippen molar-refractivity contribution in [2.45, 2.75) is 36.5 Å². The monoisotopic (exact) mass is 575 g/mol. The molecule has 3 heterocycles. The maximum atomic E-state index is 9.55. The number of aromatic nitrogens is 4. The van der Waals surface area contributed by atoms with E-state index in [1.165, 1.54) is 11.1 Å². The zero-order chi connectivity index (χ0) is 28.9. The zero-order valence-corrected chi connectivity index (χ0v) is 23.3. The maximum Gasteiger partial charge on any atom is 0.328 e. The van der Waals surface area contributed by atoms with Crippen LogP contribution in [0.2, 0.25) is 0 Å². The lowest BCUT2D eigenvalue weighted by Gasteiger charge is -2.34. The van der Waals surface area contributed by atoms with Crippen LogP contribution in [0.15, 0.2) is 96.3 Å². The number of hydrogen-bond donors (Lipinski definition) is 2. The van der Waals surface area contributed by atoms with Gasteiger partial charge in [0.25, 0.3) is 0 Å². The third kappa shape index (κ3) is 9.82. The van der Waals surface area contributed by atoms with Crippen LogP contribution in [0.4, 0.5) is 0 Å². The molecule has 0 aliphatic carbocycles. The molecule has 214 valence electrons. The van der Waals surface area contributed by atoms with Gasteiger partial charge in [0, 0.05) is 31.0 Å². The molecule has 11 heteroatoms. The number of fused-ring (bicyclic) bond motifs is 1.